The van der Waals surface area contributed by atoms with Crippen LogP contribution in [0.2, 0.25) is 0 Å². The summed E-state index contributed by atoms with van der Waals surface area (Å²) >= 11 is 0. The van der Waals surface area contributed by atoms with Crippen molar-refractivity contribution in [1.82, 2.24) is 4.90 Å². The Hall–Kier alpha value is -3.16. The molecule has 5 nitrogen and oxygen atoms in total. The predicted molar refractivity (Wildman–Crippen MR) is 137 cm³/mol. The minimum absolute atomic E-state index is 0.0912. The molecule has 3 aromatic carbocycles. The number of sulfonamides is 1. The molecule has 1 saturated heterocycles. The van der Waals surface area contributed by atoms with Crippen molar-refractivity contribution in [2.75, 3.05) is 10.8 Å². The van der Waals surface area contributed by atoms with E-state index in [0.717, 1.165) is 22.3 Å². The van der Waals surface area contributed by atoms with Crippen LogP contribution in [-0.4, -0.2) is 36.5 Å². The number of aromatic hydroxyl groups is 1. The second-order valence-electron chi connectivity index (χ2n) is 9.64. The van der Waals surface area contributed by atoms with Gasteiger partial charge in [-0.2, -0.15) is 0 Å². The molecule has 0 aromatic heterocycles. The van der Waals surface area contributed by atoms with E-state index in [1.165, 1.54) is 21.8 Å². The monoisotopic (exact) mass is 492 g/mol. The Morgan fingerprint density at radius 3 is 2.60 bits per heavy atom. The van der Waals surface area contributed by atoms with Gasteiger partial charge in [-0.15, -0.1) is 0 Å². The average molecular weight is 493 g/mol. The molecule has 0 unspecified atom stereocenters. The maximum atomic E-state index is 13.9. The van der Waals surface area contributed by atoms with Crippen molar-refractivity contribution in [2.24, 2.45) is 0 Å². The maximum Gasteiger partial charge on any atom is 0.258 e. The highest BCUT2D eigenvalue weighted by Crippen LogP contribution is 2.43. The van der Waals surface area contributed by atoms with Crippen LogP contribution in [0.25, 0.3) is 11.1 Å². The van der Waals surface area contributed by atoms with Crippen LogP contribution in [0.3, 0.4) is 0 Å². The third-order valence-corrected chi connectivity index (χ3v) is 8.80. The molecule has 0 amide bonds. The quantitative estimate of drug-likeness (QED) is 0.516. The van der Waals surface area contributed by atoms with Gasteiger partial charge in [0.1, 0.15) is 11.6 Å². The summed E-state index contributed by atoms with van der Waals surface area (Å²) in [6, 6.07) is 19.6. The second kappa shape index (κ2) is 8.81. The zero-order valence-corrected chi connectivity index (χ0v) is 20.7. The number of phenolic OH excluding ortho intramolecular Hbond substituents is 1. The Balaban J connectivity index is 1.39. The van der Waals surface area contributed by atoms with Crippen LogP contribution in [0.15, 0.2) is 78.2 Å². The van der Waals surface area contributed by atoms with Gasteiger partial charge in [-0.3, -0.25) is 9.21 Å². The maximum absolute atomic E-state index is 13.9. The molecule has 0 bridgehead atoms. The standard InChI is InChI=1S/C28H29FN2O3S/c1-20-6-3-4-9-25(20)26-16-22(10-11-27(26)32)19-30-14-12-28(18-21(30)2)13-15-35(33,34)31(28)24-8-5-7-23(29)17-24/h3-11,13,15-17,21,32H,12,14,18-19H2,1-2H3/t21-,28-/m0/s1. The van der Waals surface area contributed by atoms with Crippen LogP contribution >= 0.6 is 0 Å². The summed E-state index contributed by atoms with van der Waals surface area (Å²) in [6.45, 7) is 5.51. The summed E-state index contributed by atoms with van der Waals surface area (Å²) in [5, 5.41) is 11.8. The van der Waals surface area contributed by atoms with Crippen LogP contribution < -0.4 is 4.31 Å². The first-order valence-electron chi connectivity index (χ1n) is 11.8. The predicted octanol–water partition coefficient (Wildman–Crippen LogP) is 5.59. The number of nitrogens with zero attached hydrogens (tertiary/aromatic N) is 2. The Kier molecular flexibility index (Phi) is 5.93. The highest BCUT2D eigenvalue weighted by Gasteiger charge is 2.49. The van der Waals surface area contributed by atoms with Gasteiger partial charge in [0.05, 0.1) is 11.2 Å². The van der Waals surface area contributed by atoms with Gasteiger partial charge in [-0.05, 0) is 79.8 Å². The Labute approximate surface area is 206 Å². The van der Waals surface area contributed by atoms with E-state index >= 15 is 0 Å². The number of aryl methyl sites for hydroxylation is 1. The van der Waals surface area contributed by atoms with Gasteiger partial charge in [0, 0.05) is 30.1 Å². The number of hydrogen-bond acceptors (Lipinski definition) is 4. The molecule has 2 aliphatic rings. The molecule has 2 atom stereocenters. The Morgan fingerprint density at radius 2 is 1.86 bits per heavy atom. The van der Waals surface area contributed by atoms with Gasteiger partial charge in [0.25, 0.3) is 10.0 Å². The topological polar surface area (TPSA) is 60.9 Å². The number of rotatable bonds is 4. The smallest absolute Gasteiger partial charge is 0.258 e. The summed E-state index contributed by atoms with van der Waals surface area (Å²) in [7, 11) is -3.67. The van der Waals surface area contributed by atoms with Crippen molar-refractivity contribution in [1.29, 1.82) is 0 Å². The lowest BCUT2D eigenvalue weighted by Gasteiger charge is -2.47. The normalized spacial score (nSPS) is 23.7. The lowest BCUT2D eigenvalue weighted by Crippen LogP contribution is -2.56. The molecule has 0 saturated carbocycles. The van der Waals surface area contributed by atoms with Crippen LogP contribution in [0.5, 0.6) is 5.75 Å². The minimum atomic E-state index is -3.67. The number of piperidine rings is 1. The number of hydrogen-bond donors (Lipinski definition) is 1. The molecule has 3 aromatic rings. The molecule has 7 heteroatoms. The van der Waals surface area contributed by atoms with Crippen LogP contribution in [0.4, 0.5) is 10.1 Å². The molecule has 2 heterocycles. The fourth-order valence-corrected chi connectivity index (χ4v) is 7.17. The number of likely N-dealkylation sites (tertiary alicyclic amines) is 1. The molecule has 1 spiro atoms. The van der Waals surface area contributed by atoms with Gasteiger partial charge in [-0.1, -0.05) is 36.4 Å². The first kappa shape index (κ1) is 23.6. The SMILES string of the molecule is Cc1ccccc1-c1cc(CN2CC[C@]3(C=CS(=O)(=O)N3c3cccc(F)c3)C[C@@H]2C)ccc1O. The zero-order chi connectivity index (χ0) is 24.8. The molecule has 2 aliphatic heterocycles. The molecule has 1 N–H and O–H groups in total. The summed E-state index contributed by atoms with van der Waals surface area (Å²) in [6.07, 6.45) is 2.98. The van der Waals surface area contributed by atoms with Crippen molar-refractivity contribution in [3.05, 3.63) is 95.2 Å². The summed E-state index contributed by atoms with van der Waals surface area (Å²) in [4.78, 5) is 2.34. The van der Waals surface area contributed by atoms with Gasteiger partial charge < -0.3 is 5.11 Å². The highest BCUT2D eigenvalue weighted by atomic mass is 32.2. The molecule has 182 valence electrons. The lowest BCUT2D eigenvalue weighted by atomic mass is 9.83. The molecule has 0 aliphatic carbocycles. The van der Waals surface area contributed by atoms with Crippen molar-refractivity contribution >= 4 is 15.7 Å². The first-order chi connectivity index (χ1) is 16.7. The van der Waals surface area contributed by atoms with E-state index in [2.05, 4.69) is 11.8 Å². The van der Waals surface area contributed by atoms with E-state index in [1.54, 1.807) is 24.3 Å². The van der Waals surface area contributed by atoms with Crippen molar-refractivity contribution in [3.8, 4) is 16.9 Å². The van der Waals surface area contributed by atoms with E-state index in [0.29, 0.717) is 31.6 Å². The summed E-state index contributed by atoms with van der Waals surface area (Å²) < 4.78 is 41.2. The average Bonchev–Trinajstić information content (AvgIpc) is 3.07. The van der Waals surface area contributed by atoms with Gasteiger partial charge >= 0.3 is 0 Å². The molecule has 5 rings (SSSR count). The highest BCUT2D eigenvalue weighted by molar-refractivity contribution is 7.96. The fourth-order valence-electron chi connectivity index (χ4n) is 5.48. The minimum Gasteiger partial charge on any atom is -0.507 e. The van der Waals surface area contributed by atoms with Crippen molar-refractivity contribution in [3.63, 3.8) is 0 Å². The van der Waals surface area contributed by atoms with E-state index in [4.69, 9.17) is 0 Å². The molecule has 1 fully saturated rings. The second-order valence-corrected chi connectivity index (χ2v) is 11.3. The number of halogens is 1. The molecular formula is C28H29FN2O3S. The number of phenols is 1. The molecular weight excluding hydrogens is 463 g/mol. The van der Waals surface area contributed by atoms with E-state index in [9.17, 15) is 17.9 Å². The fraction of sp³-hybridized carbons (Fsp3) is 0.286. The molecule has 35 heavy (non-hydrogen) atoms. The third kappa shape index (κ3) is 4.34. The largest absolute Gasteiger partial charge is 0.507 e. The van der Waals surface area contributed by atoms with Crippen molar-refractivity contribution < 1.29 is 17.9 Å². The Bertz CT molecular complexity index is 1400. The van der Waals surface area contributed by atoms with E-state index in [1.807, 2.05) is 43.3 Å². The van der Waals surface area contributed by atoms with Gasteiger partial charge in [-0.25, -0.2) is 12.8 Å². The first-order valence-corrected chi connectivity index (χ1v) is 13.3. The number of anilines is 1. The van der Waals surface area contributed by atoms with Crippen LogP contribution in [0, 0.1) is 12.7 Å². The summed E-state index contributed by atoms with van der Waals surface area (Å²) in [5.41, 5.74) is 3.65. The van der Waals surface area contributed by atoms with Crippen LogP contribution in [-0.2, 0) is 16.6 Å². The lowest BCUT2D eigenvalue weighted by molar-refractivity contribution is 0.120. The summed E-state index contributed by atoms with van der Waals surface area (Å²) in [5.74, 6) is -0.206. The van der Waals surface area contributed by atoms with Gasteiger partial charge in [0.15, 0.2) is 0 Å². The van der Waals surface area contributed by atoms with Crippen molar-refractivity contribution in [2.45, 2.75) is 44.8 Å². The number of benzene rings is 3. The van der Waals surface area contributed by atoms with Crippen LogP contribution in [0.1, 0.15) is 30.9 Å². The molecule has 0 radical (unpaired) electrons. The van der Waals surface area contributed by atoms with Gasteiger partial charge in [0.2, 0.25) is 0 Å². The Morgan fingerprint density at radius 1 is 1.06 bits per heavy atom. The third-order valence-electron chi connectivity index (χ3n) is 7.24. The van der Waals surface area contributed by atoms with E-state index in [-0.39, 0.29) is 11.8 Å². The zero-order valence-electron chi connectivity index (χ0n) is 19.9. The van der Waals surface area contributed by atoms with E-state index < -0.39 is 21.4 Å².